The first-order valence-electron chi connectivity index (χ1n) is 3.43. The molecule has 1 rings (SSSR count). The predicted molar refractivity (Wildman–Crippen MR) is 36.0 cm³/mol. The van der Waals surface area contributed by atoms with Crippen LogP contribution in [0.3, 0.4) is 0 Å². The molecule has 0 saturated carbocycles. The van der Waals surface area contributed by atoms with Crippen molar-refractivity contribution >= 4 is 12.8 Å². The van der Waals surface area contributed by atoms with Gasteiger partial charge in [-0.1, -0.05) is 6.42 Å². The first-order valence-corrected chi connectivity index (χ1v) is 3.43. The molecule has 0 bridgehead atoms. The number of hydrogen-bond donors (Lipinski definition) is 0. The molecular formula is C6H7BF3KO. The normalized spacial score (nSPS) is 18.2. The molecule has 0 fully saturated rings. The van der Waals surface area contributed by atoms with Crippen LogP contribution in [0.25, 0.3) is 0 Å². The second kappa shape index (κ2) is 4.95. The van der Waals surface area contributed by atoms with E-state index in [9.17, 15) is 17.7 Å². The van der Waals surface area contributed by atoms with E-state index in [1.165, 1.54) is 0 Å². The van der Waals surface area contributed by atoms with Gasteiger partial charge in [0, 0.05) is 6.42 Å². The molecular weight excluding hydrogens is 195 g/mol. The van der Waals surface area contributed by atoms with Gasteiger partial charge in [-0.05, 0) is 12.5 Å². The van der Waals surface area contributed by atoms with E-state index in [2.05, 4.69) is 0 Å². The molecule has 0 aromatic heterocycles. The van der Waals surface area contributed by atoms with Gasteiger partial charge in [0.1, 0.15) is 0 Å². The number of halogens is 3. The van der Waals surface area contributed by atoms with Crippen molar-refractivity contribution in [2.75, 3.05) is 0 Å². The van der Waals surface area contributed by atoms with Gasteiger partial charge in [-0.3, -0.25) is 4.79 Å². The standard InChI is InChI=1S/C6H7BF3O.K/c8-7(9,10)5-2-1-3-6(11)4-5;/h4H,1-3H2;/q-1;+1. The van der Waals surface area contributed by atoms with Crippen molar-refractivity contribution in [3.8, 4) is 0 Å². The number of carbonyl (C=O) groups is 1. The van der Waals surface area contributed by atoms with Gasteiger partial charge >= 0.3 is 58.4 Å². The molecule has 0 heterocycles. The summed E-state index contributed by atoms with van der Waals surface area (Å²) in [7, 11) is 0. The molecule has 6 heteroatoms. The van der Waals surface area contributed by atoms with Gasteiger partial charge in [0.2, 0.25) is 0 Å². The third kappa shape index (κ3) is 3.74. The van der Waals surface area contributed by atoms with Crippen molar-refractivity contribution in [3.63, 3.8) is 0 Å². The molecule has 0 saturated heterocycles. The zero-order chi connectivity index (χ0) is 8.48. The number of allylic oxidation sites excluding steroid dienone is 2. The summed E-state index contributed by atoms with van der Waals surface area (Å²) < 4.78 is 35.9. The van der Waals surface area contributed by atoms with E-state index in [0.29, 0.717) is 6.42 Å². The van der Waals surface area contributed by atoms with Crippen molar-refractivity contribution in [1.82, 2.24) is 0 Å². The summed E-state index contributed by atoms with van der Waals surface area (Å²) in [4.78, 5) is 10.6. The zero-order valence-corrected chi connectivity index (χ0v) is 9.94. The van der Waals surface area contributed by atoms with Crippen LogP contribution in [0.4, 0.5) is 12.9 Å². The fourth-order valence-electron chi connectivity index (χ4n) is 1.08. The Hall–Kier alpha value is 0.901. The van der Waals surface area contributed by atoms with Gasteiger partial charge in [0.15, 0.2) is 5.78 Å². The van der Waals surface area contributed by atoms with Crippen molar-refractivity contribution in [2.24, 2.45) is 0 Å². The first-order chi connectivity index (χ1) is 5.00. The number of hydrogen-bond acceptors (Lipinski definition) is 1. The summed E-state index contributed by atoms with van der Waals surface area (Å²) >= 11 is 0. The minimum Gasteiger partial charge on any atom is -0.445 e. The summed E-state index contributed by atoms with van der Waals surface area (Å²) in [6, 6.07) is 0. The van der Waals surface area contributed by atoms with Gasteiger partial charge in [-0.2, -0.15) is 0 Å². The van der Waals surface area contributed by atoms with Gasteiger partial charge in [0.05, 0.1) is 0 Å². The third-order valence-electron chi connectivity index (χ3n) is 1.66. The molecule has 0 radical (unpaired) electrons. The molecule has 62 valence electrons. The van der Waals surface area contributed by atoms with E-state index in [0.717, 1.165) is 6.08 Å². The summed E-state index contributed by atoms with van der Waals surface area (Å²) in [5, 5.41) is 0. The van der Waals surface area contributed by atoms with Crippen LogP contribution >= 0.6 is 0 Å². The second-order valence-electron chi connectivity index (χ2n) is 2.61. The molecule has 0 aliphatic heterocycles. The smallest absolute Gasteiger partial charge is 0.445 e. The van der Waals surface area contributed by atoms with Crippen molar-refractivity contribution in [2.45, 2.75) is 19.3 Å². The minimum absolute atomic E-state index is 0. The quantitative estimate of drug-likeness (QED) is 0.501. The van der Waals surface area contributed by atoms with Gasteiger partial charge in [-0.25, -0.2) is 0 Å². The minimum atomic E-state index is -4.92. The molecule has 0 aromatic rings. The Morgan fingerprint density at radius 3 is 2.17 bits per heavy atom. The van der Waals surface area contributed by atoms with E-state index in [1.54, 1.807) is 0 Å². The Morgan fingerprint density at radius 2 is 1.83 bits per heavy atom. The molecule has 0 aromatic carbocycles. The average molecular weight is 202 g/mol. The summed E-state index contributed by atoms with van der Waals surface area (Å²) in [5.41, 5.74) is -0.624. The van der Waals surface area contributed by atoms with E-state index < -0.39 is 18.2 Å². The molecule has 0 unspecified atom stereocenters. The maximum absolute atomic E-state index is 12.0. The number of rotatable bonds is 1. The average Bonchev–Trinajstić information content (AvgIpc) is 1.86. The molecule has 12 heavy (non-hydrogen) atoms. The molecule has 1 aliphatic carbocycles. The van der Waals surface area contributed by atoms with Crippen molar-refractivity contribution < 1.29 is 69.1 Å². The van der Waals surface area contributed by atoms with Gasteiger partial charge < -0.3 is 12.9 Å². The zero-order valence-electron chi connectivity index (χ0n) is 6.82. The van der Waals surface area contributed by atoms with Gasteiger partial charge in [-0.15, -0.1) is 5.47 Å². The van der Waals surface area contributed by atoms with Crippen LogP contribution in [0.15, 0.2) is 11.5 Å². The largest absolute Gasteiger partial charge is 1.00 e. The van der Waals surface area contributed by atoms with E-state index >= 15 is 0 Å². The molecule has 0 atom stereocenters. The summed E-state index contributed by atoms with van der Waals surface area (Å²) in [5.74, 6) is -0.398. The fourth-order valence-corrected chi connectivity index (χ4v) is 1.08. The molecule has 1 nitrogen and oxygen atoms in total. The molecule has 1 aliphatic rings. The Balaban J connectivity index is 0.00000121. The van der Waals surface area contributed by atoms with Crippen LogP contribution in [0.1, 0.15) is 19.3 Å². The molecule has 0 spiro atoms. The SMILES string of the molecule is O=C1C=C([B-](F)(F)F)CCC1.[K+]. The third-order valence-corrected chi connectivity index (χ3v) is 1.66. The summed E-state index contributed by atoms with van der Waals surface area (Å²) in [6.07, 6.45) is 1.35. The van der Waals surface area contributed by atoms with E-state index in [4.69, 9.17) is 0 Å². The number of ketones is 1. The van der Waals surface area contributed by atoms with Crippen LogP contribution in [0.5, 0.6) is 0 Å². The van der Waals surface area contributed by atoms with E-state index in [-0.39, 0.29) is 64.2 Å². The van der Waals surface area contributed by atoms with Crippen LogP contribution in [-0.4, -0.2) is 12.8 Å². The second-order valence-corrected chi connectivity index (χ2v) is 2.61. The van der Waals surface area contributed by atoms with Crippen molar-refractivity contribution in [1.29, 1.82) is 0 Å². The van der Waals surface area contributed by atoms with E-state index in [1.807, 2.05) is 0 Å². The number of carbonyl (C=O) groups excluding carboxylic acids is 1. The molecule has 0 amide bonds. The van der Waals surface area contributed by atoms with Crippen LogP contribution in [0.2, 0.25) is 0 Å². The predicted octanol–water partition coefficient (Wildman–Crippen LogP) is -0.944. The first kappa shape index (κ1) is 12.9. The van der Waals surface area contributed by atoms with Crippen molar-refractivity contribution in [3.05, 3.63) is 11.5 Å². The van der Waals surface area contributed by atoms with Gasteiger partial charge in [0.25, 0.3) is 0 Å². The van der Waals surface area contributed by atoms with Crippen LogP contribution in [-0.2, 0) is 4.79 Å². The topological polar surface area (TPSA) is 17.1 Å². The Labute approximate surface area is 111 Å². The van der Waals surface area contributed by atoms with Crippen LogP contribution in [0, 0.1) is 0 Å². The molecule has 0 N–H and O–H groups in total. The maximum Gasteiger partial charge on any atom is 1.00 e. The Morgan fingerprint density at radius 1 is 1.25 bits per heavy atom. The Bertz CT molecular complexity index is 211. The Kier molecular flexibility index (Phi) is 5.32. The monoisotopic (exact) mass is 202 g/mol. The van der Waals surface area contributed by atoms with Crippen LogP contribution < -0.4 is 51.4 Å². The fraction of sp³-hybridized carbons (Fsp3) is 0.500. The maximum atomic E-state index is 12.0. The summed E-state index contributed by atoms with van der Waals surface area (Å²) in [6.45, 7) is -4.92.